The van der Waals surface area contributed by atoms with E-state index in [-0.39, 0.29) is 12.5 Å². The fourth-order valence-corrected chi connectivity index (χ4v) is 4.09. The summed E-state index contributed by atoms with van der Waals surface area (Å²) < 4.78 is 5.54. The Balaban J connectivity index is 1.35. The first-order chi connectivity index (χ1) is 16.1. The Kier molecular flexibility index (Phi) is 5.33. The summed E-state index contributed by atoms with van der Waals surface area (Å²) in [5.41, 5.74) is 5.05. The molecule has 2 aromatic carbocycles. The van der Waals surface area contributed by atoms with Gasteiger partial charge in [0.25, 0.3) is 5.91 Å². The first-order valence-corrected chi connectivity index (χ1v) is 10.8. The van der Waals surface area contributed by atoms with Crippen molar-refractivity contribution in [3.05, 3.63) is 95.3 Å². The van der Waals surface area contributed by atoms with Gasteiger partial charge < -0.3 is 10.1 Å². The summed E-state index contributed by atoms with van der Waals surface area (Å²) in [6, 6.07) is 23.6. The van der Waals surface area contributed by atoms with E-state index in [2.05, 4.69) is 16.4 Å². The van der Waals surface area contributed by atoms with E-state index < -0.39 is 5.41 Å². The van der Waals surface area contributed by atoms with Crippen LogP contribution in [0.25, 0.3) is 22.2 Å². The summed E-state index contributed by atoms with van der Waals surface area (Å²) >= 11 is 0. The smallest absolute Gasteiger partial charge is 0.251 e. The van der Waals surface area contributed by atoms with Gasteiger partial charge in [0.2, 0.25) is 0 Å². The molecule has 6 nitrogen and oxygen atoms in total. The van der Waals surface area contributed by atoms with E-state index in [1.807, 2.05) is 61.5 Å². The number of benzene rings is 2. The summed E-state index contributed by atoms with van der Waals surface area (Å²) in [7, 11) is 0. The highest BCUT2D eigenvalue weighted by Gasteiger charge is 2.33. The van der Waals surface area contributed by atoms with E-state index in [0.717, 1.165) is 39.0 Å². The number of ether oxygens (including phenoxy) is 1. The van der Waals surface area contributed by atoms with E-state index in [1.165, 1.54) is 0 Å². The molecule has 4 aromatic rings. The fourth-order valence-electron chi connectivity index (χ4n) is 4.09. The molecule has 0 unspecified atom stereocenters. The van der Waals surface area contributed by atoms with Gasteiger partial charge in [0.15, 0.2) is 0 Å². The summed E-state index contributed by atoms with van der Waals surface area (Å²) in [4.78, 5) is 22.1. The number of amides is 1. The van der Waals surface area contributed by atoms with Gasteiger partial charge in [0.05, 0.1) is 42.7 Å². The molecule has 0 aliphatic carbocycles. The molecule has 0 saturated heterocycles. The first-order valence-electron chi connectivity index (χ1n) is 10.8. The van der Waals surface area contributed by atoms with E-state index in [0.29, 0.717) is 18.8 Å². The molecule has 1 aliphatic rings. The maximum absolute atomic E-state index is 12.8. The van der Waals surface area contributed by atoms with Gasteiger partial charge in [0.1, 0.15) is 5.41 Å². The summed E-state index contributed by atoms with van der Waals surface area (Å²) in [5.74, 6) is -0.211. The lowest BCUT2D eigenvalue weighted by molar-refractivity contribution is 0.0757. The van der Waals surface area contributed by atoms with Crippen molar-refractivity contribution in [2.24, 2.45) is 0 Å². The second-order valence-corrected chi connectivity index (χ2v) is 8.42. The quantitative estimate of drug-likeness (QED) is 0.510. The van der Waals surface area contributed by atoms with E-state index in [9.17, 15) is 10.1 Å². The predicted octanol–water partition coefficient (Wildman–Crippen LogP) is 4.54. The zero-order chi connectivity index (χ0) is 22.8. The van der Waals surface area contributed by atoms with Gasteiger partial charge in [-0.1, -0.05) is 36.4 Å². The van der Waals surface area contributed by atoms with Crippen molar-refractivity contribution < 1.29 is 9.53 Å². The molecule has 0 fully saturated rings. The van der Waals surface area contributed by atoms with Crippen molar-refractivity contribution in [2.75, 3.05) is 6.61 Å². The molecule has 6 heteroatoms. The largest absolute Gasteiger partial charge is 0.375 e. The number of nitriles is 1. The maximum Gasteiger partial charge on any atom is 0.251 e. The highest BCUT2D eigenvalue weighted by molar-refractivity contribution is 5.94. The number of fused-ring (bicyclic) bond motifs is 2. The van der Waals surface area contributed by atoms with Crippen LogP contribution in [-0.4, -0.2) is 22.5 Å². The fraction of sp³-hybridized carbons (Fsp3) is 0.185. The third-order valence-electron chi connectivity index (χ3n) is 5.99. The van der Waals surface area contributed by atoms with Crippen LogP contribution in [0, 0.1) is 11.3 Å². The van der Waals surface area contributed by atoms with Crippen LogP contribution in [0.2, 0.25) is 0 Å². The Morgan fingerprint density at radius 2 is 2.00 bits per heavy atom. The molecule has 162 valence electrons. The van der Waals surface area contributed by atoms with Gasteiger partial charge in [-0.25, -0.2) is 4.98 Å². The van der Waals surface area contributed by atoms with Crippen LogP contribution in [0.4, 0.5) is 0 Å². The summed E-state index contributed by atoms with van der Waals surface area (Å²) in [6.45, 7) is 2.89. The van der Waals surface area contributed by atoms with Crippen LogP contribution < -0.4 is 5.32 Å². The average Bonchev–Trinajstić information content (AvgIpc) is 2.87. The normalized spacial score (nSPS) is 17.2. The van der Waals surface area contributed by atoms with Gasteiger partial charge in [-0.05, 0) is 48.4 Å². The number of hydrogen-bond acceptors (Lipinski definition) is 5. The zero-order valence-electron chi connectivity index (χ0n) is 18.2. The second-order valence-electron chi connectivity index (χ2n) is 8.42. The minimum atomic E-state index is -0.758. The van der Waals surface area contributed by atoms with Crippen molar-refractivity contribution in [2.45, 2.75) is 25.5 Å². The van der Waals surface area contributed by atoms with Crippen molar-refractivity contribution in [1.82, 2.24) is 15.3 Å². The predicted molar refractivity (Wildman–Crippen MR) is 125 cm³/mol. The number of carbonyl (C=O) groups is 1. The summed E-state index contributed by atoms with van der Waals surface area (Å²) in [6.07, 6.45) is 1.77. The lowest BCUT2D eigenvalue weighted by atomic mass is 9.79. The van der Waals surface area contributed by atoms with Gasteiger partial charge >= 0.3 is 0 Å². The van der Waals surface area contributed by atoms with Crippen molar-refractivity contribution in [1.29, 1.82) is 5.26 Å². The molecular formula is C27H22N4O2. The molecule has 1 atom stereocenters. The number of nitrogens with zero attached hydrogens (tertiary/aromatic N) is 3. The molecule has 5 rings (SSSR count). The van der Waals surface area contributed by atoms with E-state index in [4.69, 9.17) is 9.72 Å². The van der Waals surface area contributed by atoms with Crippen LogP contribution in [0.3, 0.4) is 0 Å². The SMILES string of the molecule is C[C@@]1(C#N)COCc2ccc(C(=O)NCc3cc4nc(-c5ccccc5)ccc4cn3)cc21. The third-order valence-corrected chi connectivity index (χ3v) is 5.99. The molecule has 1 N–H and O–H groups in total. The molecule has 0 spiro atoms. The Bertz CT molecular complexity index is 1390. The van der Waals surface area contributed by atoms with Gasteiger partial charge in [-0.2, -0.15) is 5.26 Å². The van der Waals surface area contributed by atoms with Crippen LogP contribution in [-0.2, 0) is 23.3 Å². The first kappa shape index (κ1) is 20.8. The topological polar surface area (TPSA) is 87.9 Å². The van der Waals surface area contributed by atoms with Crippen LogP contribution in [0.15, 0.2) is 72.9 Å². The van der Waals surface area contributed by atoms with Crippen LogP contribution >= 0.6 is 0 Å². The molecule has 2 aromatic heterocycles. The molecule has 33 heavy (non-hydrogen) atoms. The lowest BCUT2D eigenvalue weighted by Gasteiger charge is -2.30. The van der Waals surface area contributed by atoms with E-state index >= 15 is 0 Å². The van der Waals surface area contributed by atoms with Gasteiger partial charge in [-0.3, -0.25) is 9.78 Å². The highest BCUT2D eigenvalue weighted by Crippen LogP contribution is 2.32. The molecule has 0 bridgehead atoms. The number of hydrogen-bond donors (Lipinski definition) is 1. The Labute approximate surface area is 191 Å². The lowest BCUT2D eigenvalue weighted by Crippen LogP contribution is -2.33. The number of pyridine rings is 2. The Hall–Kier alpha value is -4.08. The zero-order valence-corrected chi connectivity index (χ0v) is 18.2. The van der Waals surface area contributed by atoms with E-state index in [1.54, 1.807) is 18.3 Å². The number of nitrogens with one attached hydrogen (secondary N) is 1. The number of rotatable bonds is 4. The highest BCUT2D eigenvalue weighted by atomic mass is 16.5. The van der Waals surface area contributed by atoms with Crippen molar-refractivity contribution in [3.63, 3.8) is 0 Å². The third kappa shape index (κ3) is 4.07. The Morgan fingerprint density at radius 1 is 1.15 bits per heavy atom. The molecule has 1 aliphatic heterocycles. The molecule has 3 heterocycles. The second kappa shape index (κ2) is 8.45. The van der Waals surface area contributed by atoms with Crippen molar-refractivity contribution >= 4 is 16.8 Å². The maximum atomic E-state index is 12.8. The molecular weight excluding hydrogens is 412 g/mol. The number of aromatic nitrogens is 2. The van der Waals surface area contributed by atoms with Gasteiger partial charge in [0, 0.05) is 22.7 Å². The van der Waals surface area contributed by atoms with Crippen LogP contribution in [0.1, 0.15) is 34.1 Å². The molecule has 0 radical (unpaired) electrons. The molecule has 0 saturated carbocycles. The van der Waals surface area contributed by atoms with Crippen LogP contribution in [0.5, 0.6) is 0 Å². The minimum absolute atomic E-state index is 0.211. The Morgan fingerprint density at radius 3 is 2.82 bits per heavy atom. The monoisotopic (exact) mass is 434 g/mol. The standard InChI is InChI=1S/C27H22N4O2/c1-27(16-28)17-33-15-21-8-7-19(11-23(21)27)26(32)30-14-22-12-25-20(13-29-22)9-10-24(31-25)18-5-3-2-4-6-18/h2-13H,14-15,17H2,1H3,(H,30,32)/t27-/m1/s1. The average molecular weight is 434 g/mol. The minimum Gasteiger partial charge on any atom is -0.375 e. The molecule has 1 amide bonds. The number of carbonyl (C=O) groups excluding carboxylic acids is 1. The van der Waals surface area contributed by atoms with Gasteiger partial charge in [-0.15, -0.1) is 0 Å². The summed E-state index contributed by atoms with van der Waals surface area (Å²) in [5, 5.41) is 13.5. The van der Waals surface area contributed by atoms with Crippen molar-refractivity contribution in [3.8, 4) is 17.3 Å².